The Labute approximate surface area is 136 Å². The number of hydrogen-bond acceptors (Lipinski definition) is 4. The van der Waals surface area contributed by atoms with Crippen molar-refractivity contribution in [2.75, 3.05) is 32.7 Å². The fourth-order valence-electron chi connectivity index (χ4n) is 3.90. The molecular weight excluding hydrogens is 296 g/mol. The van der Waals surface area contributed by atoms with Gasteiger partial charge in [0.1, 0.15) is 0 Å². The van der Waals surface area contributed by atoms with Crippen LogP contribution in [0.15, 0.2) is 17.5 Å². The molecule has 1 N–H and O–H groups in total. The zero-order chi connectivity index (χ0) is 15.6. The molecule has 1 saturated carbocycles. The highest BCUT2D eigenvalue weighted by Gasteiger charge is 2.46. The molecule has 1 amide bonds. The standard InChI is InChI=1S/C17H26N2O2S/c1-14(20)13-18-8-10-19(11-9-18)16(21)17(6-2-3-7-17)15-5-4-12-22-15/h4-5,12,14,20H,2-3,6-11,13H2,1H3/t14-/m1/s1. The fraction of sp³-hybridized carbons (Fsp3) is 0.706. The molecule has 22 heavy (non-hydrogen) atoms. The van der Waals surface area contributed by atoms with E-state index in [1.54, 1.807) is 11.3 Å². The molecule has 0 spiro atoms. The molecular formula is C17H26N2O2S. The van der Waals surface area contributed by atoms with E-state index in [1.807, 2.05) is 6.92 Å². The van der Waals surface area contributed by atoms with Gasteiger partial charge in [-0.1, -0.05) is 18.9 Å². The van der Waals surface area contributed by atoms with Crippen LogP contribution >= 0.6 is 11.3 Å². The molecule has 4 nitrogen and oxygen atoms in total. The van der Waals surface area contributed by atoms with Crippen LogP contribution in [-0.2, 0) is 10.2 Å². The molecule has 1 aromatic heterocycles. The number of piperazine rings is 1. The summed E-state index contributed by atoms with van der Waals surface area (Å²) >= 11 is 1.73. The predicted molar refractivity (Wildman–Crippen MR) is 89.2 cm³/mol. The molecule has 1 atom stereocenters. The Kier molecular flexibility index (Phi) is 4.85. The van der Waals surface area contributed by atoms with Gasteiger partial charge in [-0.05, 0) is 31.2 Å². The number of nitrogens with zero attached hydrogens (tertiary/aromatic N) is 2. The van der Waals surface area contributed by atoms with E-state index in [0.717, 1.165) is 51.9 Å². The third-order valence-electron chi connectivity index (χ3n) is 5.04. The number of β-amino-alcohol motifs (C(OH)–C–C–N with tert-alkyl or cyclic N) is 1. The van der Waals surface area contributed by atoms with E-state index >= 15 is 0 Å². The van der Waals surface area contributed by atoms with Gasteiger partial charge in [0.25, 0.3) is 0 Å². The topological polar surface area (TPSA) is 43.8 Å². The number of carbonyl (C=O) groups excluding carboxylic acids is 1. The fourth-order valence-corrected chi connectivity index (χ4v) is 4.88. The molecule has 2 aliphatic rings. The lowest BCUT2D eigenvalue weighted by Gasteiger charge is -2.39. The SMILES string of the molecule is C[C@@H](O)CN1CCN(C(=O)C2(c3cccs3)CCCC2)CC1. The van der Waals surface area contributed by atoms with Crippen LogP contribution in [0, 0.1) is 0 Å². The van der Waals surface area contributed by atoms with E-state index in [1.165, 1.54) is 4.88 Å². The van der Waals surface area contributed by atoms with E-state index in [2.05, 4.69) is 27.3 Å². The Bertz CT molecular complexity index is 487. The van der Waals surface area contributed by atoms with E-state index in [-0.39, 0.29) is 11.5 Å². The summed E-state index contributed by atoms with van der Waals surface area (Å²) in [6.07, 6.45) is 4.02. The van der Waals surface area contributed by atoms with Gasteiger partial charge in [0.2, 0.25) is 5.91 Å². The molecule has 1 aromatic rings. The summed E-state index contributed by atoms with van der Waals surface area (Å²) < 4.78 is 0. The van der Waals surface area contributed by atoms with Gasteiger partial charge in [-0.2, -0.15) is 0 Å². The summed E-state index contributed by atoms with van der Waals surface area (Å²) in [5.41, 5.74) is -0.249. The molecule has 2 heterocycles. The lowest BCUT2D eigenvalue weighted by molar-refractivity contribution is -0.139. The van der Waals surface area contributed by atoms with Crippen molar-refractivity contribution in [3.05, 3.63) is 22.4 Å². The monoisotopic (exact) mass is 322 g/mol. The third-order valence-corrected chi connectivity index (χ3v) is 6.12. The summed E-state index contributed by atoms with van der Waals surface area (Å²) in [5, 5.41) is 11.6. The number of thiophene rings is 1. The lowest BCUT2D eigenvalue weighted by Crippen LogP contribution is -2.54. The summed E-state index contributed by atoms with van der Waals surface area (Å²) in [7, 11) is 0. The maximum atomic E-state index is 13.2. The van der Waals surface area contributed by atoms with Gasteiger partial charge in [0, 0.05) is 37.6 Å². The van der Waals surface area contributed by atoms with Crippen LogP contribution in [0.25, 0.3) is 0 Å². The maximum absolute atomic E-state index is 13.2. The Morgan fingerprint density at radius 3 is 2.55 bits per heavy atom. The van der Waals surface area contributed by atoms with Crippen LogP contribution < -0.4 is 0 Å². The number of rotatable bonds is 4. The van der Waals surface area contributed by atoms with Crippen molar-refractivity contribution >= 4 is 17.2 Å². The van der Waals surface area contributed by atoms with Crippen molar-refractivity contribution in [3.63, 3.8) is 0 Å². The summed E-state index contributed by atoms with van der Waals surface area (Å²) in [5.74, 6) is 0.337. The minimum absolute atomic E-state index is 0.249. The highest BCUT2D eigenvalue weighted by Crippen LogP contribution is 2.44. The second kappa shape index (κ2) is 6.69. The molecule has 0 bridgehead atoms. The highest BCUT2D eigenvalue weighted by molar-refractivity contribution is 7.10. The number of aliphatic hydroxyl groups is 1. The molecule has 1 aliphatic heterocycles. The Morgan fingerprint density at radius 2 is 2.00 bits per heavy atom. The third kappa shape index (κ3) is 3.07. The van der Waals surface area contributed by atoms with Crippen molar-refractivity contribution in [3.8, 4) is 0 Å². The first-order valence-corrected chi connectivity index (χ1v) is 9.23. The number of amides is 1. The van der Waals surface area contributed by atoms with Crippen molar-refractivity contribution in [1.29, 1.82) is 0 Å². The number of carbonyl (C=O) groups is 1. The van der Waals surface area contributed by atoms with Crippen LogP contribution in [-0.4, -0.2) is 59.6 Å². The lowest BCUT2D eigenvalue weighted by atomic mass is 9.82. The maximum Gasteiger partial charge on any atom is 0.234 e. The normalized spacial score (nSPS) is 23.6. The molecule has 2 fully saturated rings. The highest BCUT2D eigenvalue weighted by atomic mass is 32.1. The zero-order valence-electron chi connectivity index (χ0n) is 13.3. The molecule has 5 heteroatoms. The molecule has 1 saturated heterocycles. The van der Waals surface area contributed by atoms with Crippen LogP contribution in [0.2, 0.25) is 0 Å². The molecule has 0 unspecified atom stereocenters. The number of hydrogen-bond donors (Lipinski definition) is 1. The molecule has 0 aromatic carbocycles. The summed E-state index contributed by atoms with van der Waals surface area (Å²) in [6.45, 7) is 5.85. The van der Waals surface area contributed by atoms with Crippen molar-refractivity contribution in [2.45, 2.75) is 44.1 Å². The van der Waals surface area contributed by atoms with E-state index in [9.17, 15) is 9.90 Å². The largest absolute Gasteiger partial charge is 0.392 e. The predicted octanol–water partition coefficient (Wildman–Crippen LogP) is 2.08. The van der Waals surface area contributed by atoms with Gasteiger partial charge >= 0.3 is 0 Å². The van der Waals surface area contributed by atoms with E-state index in [4.69, 9.17) is 0 Å². The minimum Gasteiger partial charge on any atom is -0.392 e. The van der Waals surface area contributed by atoms with Gasteiger partial charge in [-0.25, -0.2) is 0 Å². The Hall–Kier alpha value is -0.910. The van der Waals surface area contributed by atoms with Gasteiger partial charge in [-0.3, -0.25) is 9.69 Å². The molecule has 122 valence electrons. The first-order chi connectivity index (χ1) is 10.6. The van der Waals surface area contributed by atoms with Gasteiger partial charge in [0.15, 0.2) is 0 Å². The molecule has 3 rings (SSSR count). The first kappa shape index (κ1) is 16.0. The van der Waals surface area contributed by atoms with Gasteiger partial charge in [-0.15, -0.1) is 11.3 Å². The first-order valence-electron chi connectivity index (χ1n) is 8.35. The van der Waals surface area contributed by atoms with Crippen LogP contribution in [0.1, 0.15) is 37.5 Å². The average molecular weight is 322 g/mol. The van der Waals surface area contributed by atoms with Crippen molar-refractivity contribution in [1.82, 2.24) is 9.80 Å². The second-order valence-corrected chi connectivity index (χ2v) is 7.66. The number of aliphatic hydroxyl groups excluding tert-OH is 1. The van der Waals surface area contributed by atoms with Crippen LogP contribution in [0.3, 0.4) is 0 Å². The Morgan fingerprint density at radius 1 is 1.32 bits per heavy atom. The van der Waals surface area contributed by atoms with Crippen LogP contribution in [0.4, 0.5) is 0 Å². The van der Waals surface area contributed by atoms with Crippen molar-refractivity contribution < 1.29 is 9.90 Å². The van der Waals surface area contributed by atoms with Crippen molar-refractivity contribution in [2.24, 2.45) is 0 Å². The van der Waals surface area contributed by atoms with Crippen LogP contribution in [0.5, 0.6) is 0 Å². The van der Waals surface area contributed by atoms with E-state index < -0.39 is 0 Å². The second-order valence-electron chi connectivity index (χ2n) is 6.71. The smallest absolute Gasteiger partial charge is 0.234 e. The summed E-state index contributed by atoms with van der Waals surface area (Å²) in [4.78, 5) is 18.8. The molecule has 1 aliphatic carbocycles. The van der Waals surface area contributed by atoms with E-state index in [0.29, 0.717) is 12.5 Å². The minimum atomic E-state index is -0.297. The molecule has 0 radical (unpaired) electrons. The average Bonchev–Trinajstić information content (AvgIpc) is 3.18. The quantitative estimate of drug-likeness (QED) is 0.923. The Balaban J connectivity index is 1.68. The van der Waals surface area contributed by atoms with Gasteiger partial charge < -0.3 is 10.0 Å². The van der Waals surface area contributed by atoms with Gasteiger partial charge in [0.05, 0.1) is 11.5 Å². The zero-order valence-corrected chi connectivity index (χ0v) is 14.1. The summed E-state index contributed by atoms with van der Waals surface area (Å²) in [6, 6.07) is 4.20.